The molecule has 0 nitrogen and oxygen atoms in total. The van der Waals surface area contributed by atoms with Gasteiger partial charge in [-0.3, -0.25) is 0 Å². The summed E-state index contributed by atoms with van der Waals surface area (Å²) in [6.07, 6.45) is 11.0. The molecule has 0 fully saturated rings. The third-order valence-electron chi connectivity index (χ3n) is 0. The van der Waals surface area contributed by atoms with E-state index >= 15 is 0 Å². The topological polar surface area (TPSA) is 0 Å². The van der Waals surface area contributed by atoms with Crippen molar-refractivity contribution in [2.75, 3.05) is 0 Å². The Hall–Kier alpha value is -0.700. The molecule has 0 amide bonds. The molecule has 0 N–H and O–H groups in total. The minimum absolute atomic E-state index is 1.25. The lowest BCUT2D eigenvalue weighted by atomic mass is 10.6. The predicted molar refractivity (Wildman–Crippen MR) is 53.1 cm³/mol. The number of hydrogen-bond donors (Lipinski definition) is 0. The Kier molecular flexibility index (Phi) is 597. The quantitative estimate of drug-likeness (QED) is 0.355. The Morgan fingerprint density at radius 1 is 1.20 bits per heavy atom. The predicted octanol–water partition coefficient (Wildman–Crippen LogP) is 3.88. The number of hydrogen-bond acceptors (Lipinski definition) is 0. The molecule has 0 radical (unpaired) electrons. The van der Waals surface area contributed by atoms with Gasteiger partial charge >= 0.3 is 0 Å². The lowest BCUT2D eigenvalue weighted by Crippen LogP contribution is -1.27. The smallest absolute Gasteiger partial charge is 0.0473 e. The fourth-order valence-corrected chi connectivity index (χ4v) is 0. The third-order valence-corrected chi connectivity index (χ3v) is 0. The molecule has 0 aromatic heterocycles. The molecular formula is C10H22. The monoisotopic (exact) mass is 142 g/mol. The molecule has 0 aliphatic rings. The summed E-state index contributed by atoms with van der Waals surface area (Å²) < 4.78 is 0. The second kappa shape index (κ2) is 262. The molecule has 62 valence electrons. The van der Waals surface area contributed by atoms with Gasteiger partial charge in [0.25, 0.3) is 0 Å². The highest BCUT2D eigenvalue weighted by molar-refractivity contribution is 4.51. The van der Waals surface area contributed by atoms with Crippen LogP contribution in [-0.2, 0) is 0 Å². The summed E-state index contributed by atoms with van der Waals surface area (Å²) in [6.45, 7) is 13.5. The molecule has 0 unspecified atom stereocenters. The normalized spacial score (nSPS) is 3.90. The van der Waals surface area contributed by atoms with Gasteiger partial charge in [-0.05, 0) is 6.92 Å². The van der Waals surface area contributed by atoms with Crippen LogP contribution >= 0.6 is 0 Å². The summed E-state index contributed by atoms with van der Waals surface area (Å²) >= 11 is 0. The molecule has 0 spiro atoms. The standard InChI is InChI=1S/C3H8.C3H6.C2H6.C2H2/c2*1-3-2;2*1-2/h3H2,1-2H3;3H,1H2,2H3;1-2H3;1-2H. The van der Waals surface area contributed by atoms with E-state index in [4.69, 9.17) is 0 Å². The van der Waals surface area contributed by atoms with E-state index in [0.29, 0.717) is 0 Å². The summed E-state index contributed by atoms with van der Waals surface area (Å²) in [5.41, 5.74) is 0. The molecule has 10 heavy (non-hydrogen) atoms. The van der Waals surface area contributed by atoms with E-state index < -0.39 is 0 Å². The van der Waals surface area contributed by atoms with E-state index in [1.165, 1.54) is 6.42 Å². The van der Waals surface area contributed by atoms with Gasteiger partial charge in [-0.15, -0.1) is 19.4 Å². The lowest BCUT2D eigenvalue weighted by Gasteiger charge is -1.48. The fourth-order valence-electron chi connectivity index (χ4n) is 0. The van der Waals surface area contributed by atoms with Crippen molar-refractivity contribution in [3.63, 3.8) is 0 Å². The first-order valence-corrected chi connectivity index (χ1v) is 3.73. The maximum Gasteiger partial charge on any atom is -0.0473 e. The van der Waals surface area contributed by atoms with Crippen molar-refractivity contribution in [3.05, 3.63) is 12.7 Å². The second-order valence-corrected chi connectivity index (χ2v) is 1.12. The maximum atomic E-state index is 4.00. The van der Waals surface area contributed by atoms with E-state index in [1.54, 1.807) is 6.08 Å². The minimum Gasteiger partial charge on any atom is -0.124 e. The zero-order chi connectivity index (χ0) is 9.41. The molecule has 0 aromatic carbocycles. The zero-order valence-electron chi connectivity index (χ0n) is 8.15. The highest BCUT2D eigenvalue weighted by Gasteiger charge is 1.35. The Labute approximate surface area is 67.4 Å². The first-order chi connectivity index (χ1) is 4.83. The van der Waals surface area contributed by atoms with Crippen LogP contribution < -0.4 is 0 Å². The number of rotatable bonds is 0. The van der Waals surface area contributed by atoms with E-state index in [0.717, 1.165) is 0 Å². The lowest BCUT2D eigenvalue weighted by molar-refractivity contribution is 1.09. The minimum atomic E-state index is 1.25. The molecule has 0 aromatic rings. The van der Waals surface area contributed by atoms with Gasteiger partial charge in [0, 0.05) is 0 Å². The second-order valence-electron chi connectivity index (χ2n) is 1.12. The first-order valence-electron chi connectivity index (χ1n) is 3.73. The van der Waals surface area contributed by atoms with E-state index in [9.17, 15) is 0 Å². The molecule has 0 rings (SSSR count). The zero-order valence-corrected chi connectivity index (χ0v) is 8.15. The highest BCUT2D eigenvalue weighted by atomic mass is 13.4. The molecule has 0 heterocycles. The van der Waals surface area contributed by atoms with Crippen molar-refractivity contribution in [2.24, 2.45) is 0 Å². The van der Waals surface area contributed by atoms with E-state index in [2.05, 4.69) is 33.3 Å². The van der Waals surface area contributed by atoms with Gasteiger partial charge in [0.2, 0.25) is 0 Å². The van der Waals surface area contributed by atoms with Gasteiger partial charge < -0.3 is 0 Å². The van der Waals surface area contributed by atoms with Crippen molar-refractivity contribution >= 4 is 0 Å². The largest absolute Gasteiger partial charge is 0.124 e. The van der Waals surface area contributed by atoms with Crippen LogP contribution in [0.15, 0.2) is 12.7 Å². The van der Waals surface area contributed by atoms with Crippen LogP contribution in [0.4, 0.5) is 0 Å². The SMILES string of the molecule is C#C.C=CC.CC.CCC. The van der Waals surface area contributed by atoms with Crippen LogP contribution in [0.3, 0.4) is 0 Å². The highest BCUT2D eigenvalue weighted by Crippen LogP contribution is 1.56. The van der Waals surface area contributed by atoms with Gasteiger partial charge in [0.05, 0.1) is 0 Å². The summed E-state index contributed by atoms with van der Waals surface area (Å²) in [5, 5.41) is 0. The average molecular weight is 142 g/mol. The molecule has 0 saturated carbocycles. The number of terminal acetylenes is 1. The molecule has 0 saturated heterocycles. The molecular weight excluding hydrogens is 120 g/mol. The van der Waals surface area contributed by atoms with Crippen LogP contribution in [0.25, 0.3) is 0 Å². The fraction of sp³-hybridized carbons (Fsp3) is 0.600. The maximum absolute atomic E-state index is 4.00. The summed E-state index contributed by atoms with van der Waals surface area (Å²) in [6, 6.07) is 0. The molecule has 0 bridgehead atoms. The summed E-state index contributed by atoms with van der Waals surface area (Å²) in [7, 11) is 0. The molecule has 0 aliphatic carbocycles. The van der Waals surface area contributed by atoms with Gasteiger partial charge in [-0.2, -0.15) is 0 Å². The van der Waals surface area contributed by atoms with Crippen molar-refractivity contribution in [1.29, 1.82) is 0 Å². The summed E-state index contributed by atoms with van der Waals surface area (Å²) in [5.74, 6) is 0. The molecule has 0 heteroatoms. The van der Waals surface area contributed by atoms with Crippen LogP contribution in [0.5, 0.6) is 0 Å². The Bertz CT molecular complexity index is 32.5. The van der Waals surface area contributed by atoms with E-state index in [-0.39, 0.29) is 0 Å². The Balaban J connectivity index is -0.0000000246. The van der Waals surface area contributed by atoms with Crippen LogP contribution in [0, 0.1) is 12.8 Å². The van der Waals surface area contributed by atoms with Crippen molar-refractivity contribution in [2.45, 2.75) is 41.0 Å². The van der Waals surface area contributed by atoms with Crippen molar-refractivity contribution < 1.29 is 0 Å². The van der Waals surface area contributed by atoms with Gasteiger partial charge in [-0.25, -0.2) is 0 Å². The Morgan fingerprint density at radius 3 is 1.20 bits per heavy atom. The van der Waals surface area contributed by atoms with Crippen LogP contribution in [0.2, 0.25) is 0 Å². The van der Waals surface area contributed by atoms with Gasteiger partial charge in [0.1, 0.15) is 0 Å². The Morgan fingerprint density at radius 2 is 1.20 bits per heavy atom. The van der Waals surface area contributed by atoms with E-state index in [1.807, 2.05) is 20.8 Å². The first kappa shape index (κ1) is 22.8. The average Bonchev–Trinajstić information content (AvgIpc) is 1.99. The molecule has 0 atom stereocenters. The van der Waals surface area contributed by atoms with Crippen molar-refractivity contribution in [3.8, 4) is 12.8 Å². The van der Waals surface area contributed by atoms with Gasteiger partial charge in [0.15, 0.2) is 0 Å². The molecule has 0 aliphatic heterocycles. The summed E-state index contributed by atoms with van der Waals surface area (Å²) in [4.78, 5) is 0. The van der Waals surface area contributed by atoms with Gasteiger partial charge in [-0.1, -0.05) is 40.2 Å². The van der Waals surface area contributed by atoms with Crippen LogP contribution in [0.1, 0.15) is 41.0 Å². The van der Waals surface area contributed by atoms with Crippen LogP contribution in [-0.4, -0.2) is 0 Å². The van der Waals surface area contributed by atoms with Crippen molar-refractivity contribution in [1.82, 2.24) is 0 Å². The number of allylic oxidation sites excluding steroid dienone is 1. The third kappa shape index (κ3) is 591.